The summed E-state index contributed by atoms with van der Waals surface area (Å²) in [4.78, 5) is 4.51. The normalized spacial score (nSPS) is 17.8. The Hall–Kier alpha value is -1.84. The van der Waals surface area contributed by atoms with E-state index in [1.807, 2.05) is 30.9 Å². The van der Waals surface area contributed by atoms with Crippen molar-refractivity contribution in [2.24, 2.45) is 7.05 Å². The molecule has 0 fully saturated rings. The highest BCUT2D eigenvalue weighted by Crippen LogP contribution is 2.33. The highest BCUT2D eigenvalue weighted by molar-refractivity contribution is 5.54. The van der Waals surface area contributed by atoms with Gasteiger partial charge >= 0.3 is 0 Å². The van der Waals surface area contributed by atoms with E-state index < -0.39 is 0 Å². The van der Waals surface area contributed by atoms with Crippen LogP contribution in [0.3, 0.4) is 0 Å². The fourth-order valence-corrected chi connectivity index (χ4v) is 2.71. The molecule has 18 heavy (non-hydrogen) atoms. The minimum atomic E-state index is 0.322. The minimum Gasteiger partial charge on any atom is -0.374 e. The van der Waals surface area contributed by atoms with Crippen LogP contribution in [0.1, 0.15) is 35.1 Å². The van der Waals surface area contributed by atoms with Crippen molar-refractivity contribution in [3.05, 3.63) is 41.0 Å². The van der Waals surface area contributed by atoms with Gasteiger partial charge in [0.1, 0.15) is 0 Å². The first-order chi connectivity index (χ1) is 8.66. The molecular weight excluding hydrogens is 224 g/mol. The molecule has 1 aliphatic rings. The smallest absolute Gasteiger partial charge is 0.0828 e. The molecule has 2 aromatic rings. The van der Waals surface area contributed by atoms with Crippen molar-refractivity contribution in [1.82, 2.24) is 14.8 Å². The molecule has 94 valence electrons. The van der Waals surface area contributed by atoms with E-state index in [4.69, 9.17) is 0 Å². The summed E-state index contributed by atoms with van der Waals surface area (Å²) in [5.74, 6) is 0. The van der Waals surface area contributed by atoms with Crippen molar-refractivity contribution in [3.8, 4) is 0 Å². The number of hydrogen-bond donors (Lipinski definition) is 1. The van der Waals surface area contributed by atoms with Crippen molar-refractivity contribution in [3.63, 3.8) is 0 Å². The predicted molar refractivity (Wildman–Crippen MR) is 71.6 cm³/mol. The summed E-state index contributed by atoms with van der Waals surface area (Å²) in [7, 11) is 1.98. The van der Waals surface area contributed by atoms with E-state index in [9.17, 15) is 0 Å². The number of hydrogen-bond acceptors (Lipinski definition) is 3. The molecule has 2 aromatic heterocycles. The van der Waals surface area contributed by atoms with Gasteiger partial charge in [0.15, 0.2) is 0 Å². The van der Waals surface area contributed by atoms with Crippen LogP contribution in [0.5, 0.6) is 0 Å². The van der Waals surface area contributed by atoms with Crippen molar-refractivity contribution < 1.29 is 0 Å². The summed E-state index contributed by atoms with van der Waals surface area (Å²) in [6.45, 7) is 4.14. The van der Waals surface area contributed by atoms with Crippen LogP contribution in [0.25, 0.3) is 0 Å². The van der Waals surface area contributed by atoms with E-state index in [2.05, 4.69) is 28.4 Å². The maximum Gasteiger partial charge on any atom is 0.0828 e. The largest absolute Gasteiger partial charge is 0.374 e. The molecule has 0 radical (unpaired) electrons. The van der Waals surface area contributed by atoms with Crippen LogP contribution < -0.4 is 5.32 Å². The standard InChI is InChI=1S/C14H18N4/c1-9-13(10(2)18(3)17-9)16-12-7-6-11-5-4-8-15-14(11)12/h4-5,8,12,16H,6-7H2,1-3H3. The SMILES string of the molecule is Cc1nn(C)c(C)c1NC1CCc2cccnc21. The molecule has 0 aromatic carbocycles. The van der Waals surface area contributed by atoms with Gasteiger partial charge in [0.05, 0.1) is 28.8 Å². The molecule has 1 N–H and O–H groups in total. The molecule has 1 unspecified atom stereocenters. The van der Waals surface area contributed by atoms with Gasteiger partial charge in [-0.2, -0.15) is 5.10 Å². The van der Waals surface area contributed by atoms with Gasteiger partial charge in [-0.15, -0.1) is 0 Å². The predicted octanol–water partition coefficient (Wildman–Crippen LogP) is 2.53. The molecule has 4 nitrogen and oxygen atoms in total. The molecule has 4 heteroatoms. The second-order valence-electron chi connectivity index (χ2n) is 4.95. The third-order valence-electron chi connectivity index (χ3n) is 3.79. The second-order valence-corrected chi connectivity index (χ2v) is 4.95. The summed E-state index contributed by atoms with van der Waals surface area (Å²) in [5, 5.41) is 8.05. The Bertz CT molecular complexity index is 585. The summed E-state index contributed by atoms with van der Waals surface area (Å²) in [6.07, 6.45) is 4.10. The summed E-state index contributed by atoms with van der Waals surface area (Å²) >= 11 is 0. The summed E-state index contributed by atoms with van der Waals surface area (Å²) < 4.78 is 1.92. The molecular formula is C14H18N4. The van der Waals surface area contributed by atoms with Crippen molar-refractivity contribution >= 4 is 5.69 Å². The van der Waals surface area contributed by atoms with Gasteiger partial charge in [-0.3, -0.25) is 9.67 Å². The summed E-state index contributed by atoms with van der Waals surface area (Å²) in [5.41, 5.74) is 5.95. The van der Waals surface area contributed by atoms with E-state index >= 15 is 0 Å². The number of nitrogens with zero attached hydrogens (tertiary/aromatic N) is 3. The van der Waals surface area contributed by atoms with E-state index in [0.717, 1.165) is 24.2 Å². The van der Waals surface area contributed by atoms with Crippen LogP contribution in [-0.4, -0.2) is 14.8 Å². The monoisotopic (exact) mass is 242 g/mol. The first-order valence-corrected chi connectivity index (χ1v) is 6.37. The maximum absolute atomic E-state index is 4.51. The molecule has 0 saturated heterocycles. The molecule has 0 spiro atoms. The highest BCUT2D eigenvalue weighted by atomic mass is 15.3. The molecule has 3 rings (SSSR count). The lowest BCUT2D eigenvalue weighted by atomic mass is 10.2. The van der Waals surface area contributed by atoms with Gasteiger partial charge < -0.3 is 5.32 Å². The number of nitrogens with one attached hydrogen (secondary N) is 1. The van der Waals surface area contributed by atoms with Crippen LogP contribution in [-0.2, 0) is 13.5 Å². The third-order valence-corrected chi connectivity index (χ3v) is 3.79. The fraction of sp³-hybridized carbons (Fsp3) is 0.429. The average Bonchev–Trinajstić information content (AvgIpc) is 2.87. The van der Waals surface area contributed by atoms with Crippen LogP contribution in [0.2, 0.25) is 0 Å². The molecule has 1 aliphatic carbocycles. The lowest BCUT2D eigenvalue weighted by Crippen LogP contribution is -2.10. The zero-order valence-corrected chi connectivity index (χ0v) is 11.1. The third kappa shape index (κ3) is 1.68. The molecule has 0 bridgehead atoms. The lowest BCUT2D eigenvalue weighted by Gasteiger charge is -2.14. The number of aromatic nitrogens is 3. The van der Waals surface area contributed by atoms with Gasteiger partial charge in [0.2, 0.25) is 0 Å². The lowest BCUT2D eigenvalue weighted by molar-refractivity contribution is 0.728. The van der Waals surface area contributed by atoms with Crippen LogP contribution in [0, 0.1) is 13.8 Å². The molecule has 0 saturated carbocycles. The fourth-order valence-electron chi connectivity index (χ4n) is 2.71. The van der Waals surface area contributed by atoms with E-state index in [1.54, 1.807) is 0 Å². The number of anilines is 1. The van der Waals surface area contributed by atoms with Gasteiger partial charge in [0.25, 0.3) is 0 Å². The number of fused-ring (bicyclic) bond motifs is 1. The minimum absolute atomic E-state index is 0.322. The zero-order valence-electron chi connectivity index (χ0n) is 11.1. The van der Waals surface area contributed by atoms with E-state index in [-0.39, 0.29) is 0 Å². The highest BCUT2D eigenvalue weighted by Gasteiger charge is 2.25. The van der Waals surface area contributed by atoms with Crippen LogP contribution >= 0.6 is 0 Å². The Morgan fingerprint density at radius 3 is 2.94 bits per heavy atom. The Labute approximate surface area is 107 Å². The van der Waals surface area contributed by atoms with Crippen molar-refractivity contribution in [1.29, 1.82) is 0 Å². The molecule has 0 amide bonds. The Kier molecular flexibility index (Phi) is 2.58. The Morgan fingerprint density at radius 2 is 2.22 bits per heavy atom. The van der Waals surface area contributed by atoms with Gasteiger partial charge in [0, 0.05) is 13.2 Å². The van der Waals surface area contributed by atoms with Crippen LogP contribution in [0.15, 0.2) is 18.3 Å². The quantitative estimate of drug-likeness (QED) is 0.880. The maximum atomic E-state index is 4.51. The first kappa shape index (κ1) is 11.3. The zero-order chi connectivity index (χ0) is 12.7. The summed E-state index contributed by atoms with van der Waals surface area (Å²) in [6, 6.07) is 4.51. The topological polar surface area (TPSA) is 42.7 Å². The molecule has 2 heterocycles. The Morgan fingerprint density at radius 1 is 1.39 bits per heavy atom. The molecule has 1 atom stereocenters. The van der Waals surface area contributed by atoms with Gasteiger partial charge in [-0.1, -0.05) is 6.07 Å². The Balaban J connectivity index is 1.91. The van der Waals surface area contributed by atoms with Crippen molar-refractivity contribution in [2.45, 2.75) is 32.7 Å². The van der Waals surface area contributed by atoms with Gasteiger partial charge in [-0.25, -0.2) is 0 Å². The van der Waals surface area contributed by atoms with Crippen molar-refractivity contribution in [2.75, 3.05) is 5.32 Å². The average molecular weight is 242 g/mol. The number of rotatable bonds is 2. The second kappa shape index (κ2) is 4.12. The molecule has 0 aliphatic heterocycles. The number of pyridine rings is 1. The van der Waals surface area contributed by atoms with Crippen LogP contribution in [0.4, 0.5) is 5.69 Å². The van der Waals surface area contributed by atoms with Gasteiger partial charge in [-0.05, 0) is 38.3 Å². The number of aryl methyl sites for hydroxylation is 3. The van der Waals surface area contributed by atoms with E-state index in [0.29, 0.717) is 6.04 Å². The van der Waals surface area contributed by atoms with E-state index in [1.165, 1.54) is 17.0 Å². The first-order valence-electron chi connectivity index (χ1n) is 6.37.